The molecule has 13 heavy (non-hydrogen) atoms. The SMILES string of the molecule is CCn1nc(Br)c2ncc(N)cc21. The third-order valence-electron chi connectivity index (χ3n) is 1.87. The van der Waals surface area contributed by atoms with Gasteiger partial charge >= 0.3 is 0 Å². The van der Waals surface area contributed by atoms with Crippen LogP contribution in [-0.4, -0.2) is 14.8 Å². The van der Waals surface area contributed by atoms with Gasteiger partial charge in [-0.25, -0.2) is 4.98 Å². The van der Waals surface area contributed by atoms with Crippen molar-refractivity contribution in [3.8, 4) is 0 Å². The highest BCUT2D eigenvalue weighted by molar-refractivity contribution is 9.10. The van der Waals surface area contributed by atoms with Gasteiger partial charge in [0.15, 0.2) is 4.60 Å². The molecule has 0 saturated carbocycles. The Morgan fingerprint density at radius 2 is 2.38 bits per heavy atom. The van der Waals surface area contributed by atoms with Gasteiger partial charge in [-0.2, -0.15) is 5.10 Å². The van der Waals surface area contributed by atoms with Gasteiger partial charge in [-0.1, -0.05) is 0 Å². The van der Waals surface area contributed by atoms with Crippen molar-refractivity contribution in [2.24, 2.45) is 0 Å². The van der Waals surface area contributed by atoms with Gasteiger partial charge in [0.2, 0.25) is 0 Å². The average Bonchev–Trinajstić information content (AvgIpc) is 2.42. The third kappa shape index (κ3) is 1.29. The number of pyridine rings is 1. The fourth-order valence-corrected chi connectivity index (χ4v) is 1.77. The van der Waals surface area contributed by atoms with Crippen LogP contribution in [0, 0.1) is 0 Å². The van der Waals surface area contributed by atoms with Crippen molar-refractivity contribution in [3.05, 3.63) is 16.9 Å². The summed E-state index contributed by atoms with van der Waals surface area (Å²) in [6, 6.07) is 1.88. The number of rotatable bonds is 1. The minimum Gasteiger partial charge on any atom is -0.397 e. The molecule has 0 fully saturated rings. The number of halogens is 1. The van der Waals surface area contributed by atoms with Crippen molar-refractivity contribution >= 4 is 32.7 Å². The van der Waals surface area contributed by atoms with E-state index >= 15 is 0 Å². The lowest BCUT2D eigenvalue weighted by Gasteiger charge is -1.97. The highest BCUT2D eigenvalue weighted by Crippen LogP contribution is 2.22. The van der Waals surface area contributed by atoms with Crippen LogP contribution in [0.3, 0.4) is 0 Å². The first-order valence-corrected chi connectivity index (χ1v) is 4.79. The Kier molecular flexibility index (Phi) is 1.95. The molecule has 0 aliphatic rings. The summed E-state index contributed by atoms with van der Waals surface area (Å²) >= 11 is 3.35. The lowest BCUT2D eigenvalue weighted by Crippen LogP contribution is -1.96. The Labute approximate surface area is 83.9 Å². The van der Waals surface area contributed by atoms with Gasteiger partial charge in [0.25, 0.3) is 0 Å². The second-order valence-electron chi connectivity index (χ2n) is 2.74. The van der Waals surface area contributed by atoms with Crippen LogP contribution in [0.4, 0.5) is 5.69 Å². The summed E-state index contributed by atoms with van der Waals surface area (Å²) in [5, 5.41) is 4.26. The van der Waals surface area contributed by atoms with Gasteiger partial charge in [0.05, 0.1) is 17.4 Å². The molecule has 0 atom stereocenters. The largest absolute Gasteiger partial charge is 0.397 e. The highest BCUT2D eigenvalue weighted by atomic mass is 79.9. The number of nitrogens with two attached hydrogens (primary N) is 1. The Morgan fingerprint density at radius 3 is 3.08 bits per heavy atom. The predicted molar refractivity (Wildman–Crippen MR) is 55.3 cm³/mol. The van der Waals surface area contributed by atoms with Crippen molar-refractivity contribution in [3.63, 3.8) is 0 Å². The van der Waals surface area contributed by atoms with Crippen LogP contribution >= 0.6 is 15.9 Å². The molecule has 0 amide bonds. The normalized spacial score (nSPS) is 10.9. The van der Waals surface area contributed by atoms with Gasteiger partial charge in [0.1, 0.15) is 5.52 Å². The molecule has 2 heterocycles. The molecule has 0 saturated heterocycles. The number of aryl methyl sites for hydroxylation is 1. The molecular formula is C8H9BrN4. The van der Waals surface area contributed by atoms with Gasteiger partial charge < -0.3 is 5.73 Å². The van der Waals surface area contributed by atoms with E-state index in [0.29, 0.717) is 5.69 Å². The smallest absolute Gasteiger partial charge is 0.154 e. The van der Waals surface area contributed by atoms with Crippen molar-refractivity contribution in [2.75, 3.05) is 5.73 Å². The van der Waals surface area contributed by atoms with E-state index in [4.69, 9.17) is 5.73 Å². The summed E-state index contributed by atoms with van der Waals surface area (Å²) in [5.41, 5.74) is 8.12. The molecule has 0 aliphatic carbocycles. The molecule has 0 bridgehead atoms. The zero-order chi connectivity index (χ0) is 9.42. The zero-order valence-electron chi connectivity index (χ0n) is 7.16. The molecule has 0 spiro atoms. The van der Waals surface area contributed by atoms with Gasteiger partial charge in [-0.15, -0.1) is 0 Å². The van der Waals surface area contributed by atoms with E-state index in [2.05, 4.69) is 26.0 Å². The average molecular weight is 241 g/mol. The summed E-state index contributed by atoms with van der Waals surface area (Å²) in [7, 11) is 0. The predicted octanol–water partition coefficient (Wildman–Crippen LogP) is 1.80. The zero-order valence-corrected chi connectivity index (χ0v) is 8.74. The van der Waals surface area contributed by atoms with Crippen molar-refractivity contribution in [2.45, 2.75) is 13.5 Å². The molecule has 0 unspecified atom stereocenters. The number of anilines is 1. The number of aromatic nitrogens is 3. The molecule has 0 aliphatic heterocycles. The Balaban J connectivity index is 2.81. The summed E-state index contributed by atoms with van der Waals surface area (Å²) in [4.78, 5) is 4.19. The Hall–Kier alpha value is -1.10. The van der Waals surface area contributed by atoms with Crippen LogP contribution in [-0.2, 0) is 6.54 Å². The van der Waals surface area contributed by atoms with Crippen molar-refractivity contribution in [1.29, 1.82) is 0 Å². The van der Waals surface area contributed by atoms with Gasteiger partial charge in [-0.05, 0) is 28.9 Å². The number of nitrogens with zero attached hydrogens (tertiary/aromatic N) is 3. The first kappa shape index (κ1) is 8.50. The second-order valence-corrected chi connectivity index (χ2v) is 3.49. The number of hydrogen-bond acceptors (Lipinski definition) is 3. The first-order valence-electron chi connectivity index (χ1n) is 4.00. The van der Waals surface area contributed by atoms with Crippen LogP contribution in [0.15, 0.2) is 16.9 Å². The third-order valence-corrected chi connectivity index (χ3v) is 2.40. The lowest BCUT2D eigenvalue weighted by atomic mass is 10.3. The summed E-state index contributed by atoms with van der Waals surface area (Å²) in [6.45, 7) is 2.84. The van der Waals surface area contributed by atoms with E-state index in [1.165, 1.54) is 0 Å². The number of hydrogen-bond donors (Lipinski definition) is 1. The van der Waals surface area contributed by atoms with Gasteiger partial charge in [-0.3, -0.25) is 4.68 Å². The van der Waals surface area contributed by atoms with E-state index in [1.807, 2.05) is 17.7 Å². The molecule has 2 aromatic heterocycles. The molecule has 5 heteroatoms. The lowest BCUT2D eigenvalue weighted by molar-refractivity contribution is 0.678. The summed E-state index contributed by atoms with van der Waals surface area (Å²) < 4.78 is 2.63. The van der Waals surface area contributed by atoms with Gasteiger partial charge in [0, 0.05) is 6.54 Å². The van der Waals surface area contributed by atoms with Crippen LogP contribution in [0.25, 0.3) is 11.0 Å². The van der Waals surface area contributed by atoms with E-state index in [9.17, 15) is 0 Å². The molecule has 2 N–H and O–H groups in total. The van der Waals surface area contributed by atoms with E-state index < -0.39 is 0 Å². The molecule has 0 radical (unpaired) electrons. The van der Waals surface area contributed by atoms with E-state index in [0.717, 1.165) is 22.2 Å². The first-order chi connectivity index (χ1) is 6.22. The monoisotopic (exact) mass is 240 g/mol. The van der Waals surface area contributed by atoms with Crippen molar-refractivity contribution in [1.82, 2.24) is 14.8 Å². The molecule has 0 aromatic carbocycles. The maximum absolute atomic E-state index is 5.64. The minimum absolute atomic E-state index is 0.662. The topological polar surface area (TPSA) is 56.7 Å². The fourth-order valence-electron chi connectivity index (χ4n) is 1.27. The maximum atomic E-state index is 5.64. The number of nitrogen functional groups attached to an aromatic ring is 1. The molecule has 68 valence electrons. The maximum Gasteiger partial charge on any atom is 0.154 e. The molecule has 2 rings (SSSR count). The van der Waals surface area contributed by atoms with E-state index in [-0.39, 0.29) is 0 Å². The molecular weight excluding hydrogens is 232 g/mol. The van der Waals surface area contributed by atoms with Crippen LogP contribution in [0.5, 0.6) is 0 Å². The molecule has 4 nitrogen and oxygen atoms in total. The summed E-state index contributed by atoms with van der Waals surface area (Å²) in [6.07, 6.45) is 1.63. The van der Waals surface area contributed by atoms with Crippen LogP contribution < -0.4 is 5.73 Å². The van der Waals surface area contributed by atoms with Crippen LogP contribution in [0.2, 0.25) is 0 Å². The standard InChI is InChI=1S/C8H9BrN4/c1-2-13-6-3-5(10)4-11-7(6)8(9)12-13/h3-4H,2,10H2,1H3. The minimum atomic E-state index is 0.662. The fraction of sp³-hybridized carbons (Fsp3) is 0.250. The Morgan fingerprint density at radius 1 is 1.62 bits per heavy atom. The molecule has 2 aromatic rings. The highest BCUT2D eigenvalue weighted by Gasteiger charge is 2.07. The van der Waals surface area contributed by atoms with Crippen LogP contribution in [0.1, 0.15) is 6.92 Å². The quantitative estimate of drug-likeness (QED) is 0.828. The number of fused-ring (bicyclic) bond motifs is 1. The Bertz CT molecular complexity index is 449. The van der Waals surface area contributed by atoms with E-state index in [1.54, 1.807) is 6.20 Å². The summed E-state index contributed by atoms with van der Waals surface area (Å²) in [5.74, 6) is 0. The second kappa shape index (κ2) is 2.99. The van der Waals surface area contributed by atoms with Crippen molar-refractivity contribution < 1.29 is 0 Å².